The first-order valence-corrected chi connectivity index (χ1v) is 11.1. The molecule has 0 aliphatic carbocycles. The van der Waals surface area contributed by atoms with Gasteiger partial charge >= 0.3 is 11.9 Å². The second kappa shape index (κ2) is 10.1. The summed E-state index contributed by atoms with van der Waals surface area (Å²) >= 11 is 1.19. The number of fused-ring (bicyclic) bond motifs is 1. The van der Waals surface area contributed by atoms with E-state index >= 15 is 0 Å². The third kappa shape index (κ3) is 4.86. The SMILES string of the molecule is CCOC(=O)c1sc(-c2ccccc2)cc1NC(=O)COC(=O)c1n[nH]c(=O)c2ccccc12. The van der Waals surface area contributed by atoms with Crippen LogP contribution < -0.4 is 10.9 Å². The third-order valence-corrected chi connectivity index (χ3v) is 5.91. The van der Waals surface area contributed by atoms with E-state index in [4.69, 9.17) is 9.47 Å². The lowest BCUT2D eigenvalue weighted by Gasteiger charge is -2.08. The van der Waals surface area contributed by atoms with Crippen molar-refractivity contribution in [2.45, 2.75) is 6.92 Å². The Labute approximate surface area is 197 Å². The predicted molar refractivity (Wildman–Crippen MR) is 127 cm³/mol. The average molecular weight is 477 g/mol. The number of anilines is 1. The molecular formula is C24H19N3O6S. The van der Waals surface area contributed by atoms with E-state index in [2.05, 4.69) is 15.5 Å². The number of carbonyl (C=O) groups is 3. The summed E-state index contributed by atoms with van der Waals surface area (Å²) in [6, 6.07) is 17.5. The van der Waals surface area contributed by atoms with Gasteiger partial charge in [0.05, 0.1) is 17.7 Å². The molecular weight excluding hydrogens is 458 g/mol. The molecule has 0 bridgehead atoms. The number of rotatable bonds is 7. The molecule has 34 heavy (non-hydrogen) atoms. The Bertz CT molecular complexity index is 1430. The zero-order valence-electron chi connectivity index (χ0n) is 18.0. The number of aromatic nitrogens is 2. The Morgan fingerprint density at radius 1 is 0.971 bits per heavy atom. The lowest BCUT2D eigenvalue weighted by molar-refractivity contribution is -0.119. The maximum Gasteiger partial charge on any atom is 0.359 e. The molecule has 0 radical (unpaired) electrons. The van der Waals surface area contributed by atoms with Gasteiger partial charge in [-0.3, -0.25) is 9.59 Å². The van der Waals surface area contributed by atoms with E-state index in [0.717, 1.165) is 10.4 Å². The normalized spacial score (nSPS) is 10.6. The fourth-order valence-electron chi connectivity index (χ4n) is 3.23. The summed E-state index contributed by atoms with van der Waals surface area (Å²) in [6.07, 6.45) is 0. The molecule has 1 amide bonds. The largest absolute Gasteiger partial charge is 0.462 e. The topological polar surface area (TPSA) is 127 Å². The van der Waals surface area contributed by atoms with E-state index in [9.17, 15) is 19.2 Å². The van der Waals surface area contributed by atoms with Gasteiger partial charge < -0.3 is 14.8 Å². The van der Waals surface area contributed by atoms with Crippen LogP contribution >= 0.6 is 11.3 Å². The van der Waals surface area contributed by atoms with Crippen LogP contribution in [0.2, 0.25) is 0 Å². The van der Waals surface area contributed by atoms with Crippen LogP contribution in [0, 0.1) is 0 Å². The van der Waals surface area contributed by atoms with Crippen molar-refractivity contribution in [3.05, 3.63) is 81.6 Å². The van der Waals surface area contributed by atoms with Crippen molar-refractivity contribution < 1.29 is 23.9 Å². The van der Waals surface area contributed by atoms with Crippen LogP contribution in [0.5, 0.6) is 0 Å². The van der Waals surface area contributed by atoms with Gasteiger partial charge in [-0.05, 0) is 24.6 Å². The minimum atomic E-state index is -0.872. The van der Waals surface area contributed by atoms with Crippen LogP contribution in [-0.2, 0) is 14.3 Å². The molecule has 4 aromatic rings. The van der Waals surface area contributed by atoms with Gasteiger partial charge in [-0.15, -0.1) is 11.3 Å². The van der Waals surface area contributed by atoms with Crippen molar-refractivity contribution in [1.29, 1.82) is 0 Å². The molecule has 0 fully saturated rings. The summed E-state index contributed by atoms with van der Waals surface area (Å²) in [7, 11) is 0. The highest BCUT2D eigenvalue weighted by Crippen LogP contribution is 2.35. The van der Waals surface area contributed by atoms with Gasteiger partial charge in [0.15, 0.2) is 12.3 Å². The minimum absolute atomic E-state index is 0.114. The Morgan fingerprint density at radius 3 is 2.41 bits per heavy atom. The van der Waals surface area contributed by atoms with E-state index in [1.807, 2.05) is 30.3 Å². The zero-order valence-corrected chi connectivity index (χ0v) is 18.8. The minimum Gasteiger partial charge on any atom is -0.462 e. The maximum atomic E-state index is 12.5. The average Bonchev–Trinajstić information content (AvgIpc) is 3.27. The highest BCUT2D eigenvalue weighted by molar-refractivity contribution is 7.18. The molecule has 4 rings (SSSR count). The molecule has 2 N–H and O–H groups in total. The van der Waals surface area contributed by atoms with Crippen LogP contribution in [0.1, 0.15) is 27.1 Å². The smallest absolute Gasteiger partial charge is 0.359 e. The first-order chi connectivity index (χ1) is 16.5. The van der Waals surface area contributed by atoms with Crippen molar-refractivity contribution >= 4 is 45.6 Å². The highest BCUT2D eigenvalue weighted by atomic mass is 32.1. The van der Waals surface area contributed by atoms with Gasteiger partial charge in [0.25, 0.3) is 11.5 Å². The number of carbonyl (C=O) groups excluding carboxylic acids is 3. The number of thiophene rings is 1. The van der Waals surface area contributed by atoms with Gasteiger partial charge in [-0.1, -0.05) is 48.5 Å². The number of hydrogen-bond acceptors (Lipinski definition) is 8. The highest BCUT2D eigenvalue weighted by Gasteiger charge is 2.21. The van der Waals surface area contributed by atoms with Gasteiger partial charge in [0.2, 0.25) is 0 Å². The van der Waals surface area contributed by atoms with E-state index in [-0.39, 0.29) is 28.3 Å². The number of nitrogens with one attached hydrogen (secondary N) is 2. The third-order valence-electron chi connectivity index (χ3n) is 4.75. The van der Waals surface area contributed by atoms with Crippen LogP contribution in [0.3, 0.4) is 0 Å². The van der Waals surface area contributed by atoms with Gasteiger partial charge in [0, 0.05) is 10.3 Å². The van der Waals surface area contributed by atoms with E-state index < -0.39 is 30.0 Å². The molecule has 10 heteroatoms. The molecule has 0 saturated carbocycles. The number of esters is 2. The summed E-state index contributed by atoms with van der Waals surface area (Å²) in [5.74, 6) is -2.08. The Morgan fingerprint density at radius 2 is 1.68 bits per heavy atom. The monoisotopic (exact) mass is 477 g/mol. The Hall–Kier alpha value is -4.31. The van der Waals surface area contributed by atoms with Gasteiger partial charge in [0.1, 0.15) is 4.88 Å². The van der Waals surface area contributed by atoms with E-state index in [1.165, 1.54) is 11.3 Å². The number of hydrogen-bond donors (Lipinski definition) is 2. The van der Waals surface area contributed by atoms with Crippen molar-refractivity contribution in [3.8, 4) is 10.4 Å². The second-order valence-corrected chi connectivity index (χ2v) is 8.06. The first kappa shape index (κ1) is 22.9. The molecule has 0 aliphatic heterocycles. The molecule has 0 unspecified atom stereocenters. The van der Waals surface area contributed by atoms with Crippen LogP contribution in [0.15, 0.2) is 65.5 Å². The number of aromatic amines is 1. The lowest BCUT2D eigenvalue weighted by Crippen LogP contribution is -2.23. The van der Waals surface area contributed by atoms with Crippen LogP contribution in [0.25, 0.3) is 21.2 Å². The van der Waals surface area contributed by atoms with Gasteiger partial charge in [-0.2, -0.15) is 5.10 Å². The number of benzene rings is 2. The van der Waals surface area contributed by atoms with Crippen LogP contribution in [-0.4, -0.2) is 41.3 Å². The van der Waals surface area contributed by atoms with Crippen molar-refractivity contribution in [2.24, 2.45) is 0 Å². The molecule has 2 aromatic carbocycles. The molecule has 172 valence electrons. The summed E-state index contributed by atoms with van der Waals surface area (Å²) in [4.78, 5) is 50.3. The maximum absolute atomic E-state index is 12.5. The summed E-state index contributed by atoms with van der Waals surface area (Å²) in [6.45, 7) is 1.26. The van der Waals surface area contributed by atoms with E-state index in [0.29, 0.717) is 5.39 Å². The van der Waals surface area contributed by atoms with Crippen molar-refractivity contribution in [1.82, 2.24) is 10.2 Å². The molecule has 0 spiro atoms. The Kier molecular flexibility index (Phi) is 6.79. The summed E-state index contributed by atoms with van der Waals surface area (Å²) < 4.78 is 10.2. The van der Waals surface area contributed by atoms with Crippen molar-refractivity contribution in [3.63, 3.8) is 0 Å². The fourth-order valence-corrected chi connectivity index (χ4v) is 4.25. The standard InChI is InChI=1S/C24H19N3O6S/c1-2-32-24(31)21-17(12-18(34-21)14-8-4-3-5-9-14)25-19(28)13-33-23(30)20-15-10-6-7-11-16(15)22(29)27-26-20/h3-12H,2,13H2,1H3,(H,25,28)(H,27,29). The second-order valence-electron chi connectivity index (χ2n) is 7.01. The molecule has 2 aromatic heterocycles. The van der Waals surface area contributed by atoms with Crippen molar-refractivity contribution in [2.75, 3.05) is 18.5 Å². The number of H-pyrrole nitrogens is 1. The summed E-state index contributed by atoms with van der Waals surface area (Å²) in [5.41, 5.74) is 0.581. The molecule has 2 heterocycles. The molecule has 9 nitrogen and oxygen atoms in total. The first-order valence-electron chi connectivity index (χ1n) is 10.3. The van der Waals surface area contributed by atoms with E-state index in [1.54, 1.807) is 37.3 Å². The van der Waals surface area contributed by atoms with Crippen LogP contribution in [0.4, 0.5) is 5.69 Å². The Balaban J connectivity index is 1.50. The number of amides is 1. The number of nitrogens with zero attached hydrogens (tertiary/aromatic N) is 1. The summed E-state index contributed by atoms with van der Waals surface area (Å²) in [5, 5.41) is 9.20. The van der Waals surface area contributed by atoms with Gasteiger partial charge in [-0.25, -0.2) is 14.7 Å². The quantitative estimate of drug-likeness (QED) is 0.389. The molecule has 0 atom stereocenters. The number of ether oxygens (including phenoxy) is 2. The zero-order chi connectivity index (χ0) is 24.1. The molecule has 0 aliphatic rings. The lowest BCUT2D eigenvalue weighted by atomic mass is 10.1. The molecule has 0 saturated heterocycles. The predicted octanol–water partition coefficient (Wildman–Crippen LogP) is 3.62. The fraction of sp³-hybridized carbons (Fsp3) is 0.125.